The summed E-state index contributed by atoms with van der Waals surface area (Å²) in [6.07, 6.45) is 3.12. The monoisotopic (exact) mass is 388 g/mol. The van der Waals surface area contributed by atoms with Crippen LogP contribution < -0.4 is 10.9 Å². The molecule has 0 aliphatic heterocycles. The third-order valence-electron chi connectivity index (χ3n) is 3.53. The number of anilines is 1. The van der Waals surface area contributed by atoms with Crippen molar-refractivity contribution in [3.63, 3.8) is 0 Å². The number of carbonyl (C=O) groups excluding carboxylic acids is 1. The number of nitrogens with one attached hydrogen (secondary N) is 1. The molecule has 4 aromatic rings. The molecular weight excluding hydrogens is 376 g/mol. The average Bonchev–Trinajstić information content (AvgIpc) is 3.30. The first-order valence-electron chi connectivity index (χ1n) is 7.34. The van der Waals surface area contributed by atoms with Gasteiger partial charge in [0.25, 0.3) is 5.56 Å². The van der Waals surface area contributed by atoms with E-state index in [9.17, 15) is 9.59 Å². The van der Waals surface area contributed by atoms with Gasteiger partial charge in [-0.15, -0.1) is 34.0 Å². The second-order valence-corrected chi connectivity index (χ2v) is 8.35. The maximum absolute atomic E-state index is 12.8. The molecule has 25 heavy (non-hydrogen) atoms. The molecule has 4 aromatic heterocycles. The standard InChI is InChI=1S/C16H12N4O2S3/c1-9-5-17-16(25-9)19-12(21)6-20-8-18-14-13(15(20)22)10(7-24-14)11-3-2-4-23-11/h2-5,7-8H,6H2,1H3,(H,17,19,21). The van der Waals surface area contributed by atoms with Crippen molar-refractivity contribution in [1.82, 2.24) is 14.5 Å². The fourth-order valence-corrected chi connectivity index (χ4v) is 4.82. The smallest absolute Gasteiger partial charge is 0.263 e. The molecule has 0 aliphatic rings. The lowest BCUT2D eigenvalue weighted by Crippen LogP contribution is -2.27. The third kappa shape index (κ3) is 3.13. The van der Waals surface area contributed by atoms with Gasteiger partial charge in [-0.25, -0.2) is 9.97 Å². The van der Waals surface area contributed by atoms with E-state index in [0.717, 1.165) is 15.3 Å². The predicted octanol–water partition coefficient (Wildman–Crippen LogP) is 3.59. The van der Waals surface area contributed by atoms with Crippen LogP contribution in [0.25, 0.3) is 20.7 Å². The molecule has 6 nitrogen and oxygen atoms in total. The van der Waals surface area contributed by atoms with E-state index in [1.165, 1.54) is 33.6 Å². The van der Waals surface area contributed by atoms with Gasteiger partial charge in [0, 0.05) is 26.9 Å². The lowest BCUT2D eigenvalue weighted by molar-refractivity contribution is -0.116. The summed E-state index contributed by atoms with van der Waals surface area (Å²) in [4.78, 5) is 36.2. The summed E-state index contributed by atoms with van der Waals surface area (Å²) in [6.45, 7) is 1.82. The third-order valence-corrected chi connectivity index (χ3v) is 6.15. The molecular formula is C16H12N4O2S3. The zero-order valence-electron chi connectivity index (χ0n) is 13.1. The molecule has 9 heteroatoms. The van der Waals surface area contributed by atoms with Crippen LogP contribution in [0.15, 0.2) is 40.2 Å². The Morgan fingerprint density at radius 3 is 2.92 bits per heavy atom. The number of fused-ring (bicyclic) bond motifs is 1. The number of hydrogen-bond donors (Lipinski definition) is 1. The molecule has 0 saturated carbocycles. The number of thiazole rings is 1. The van der Waals surface area contributed by atoms with Crippen molar-refractivity contribution >= 4 is 55.3 Å². The van der Waals surface area contributed by atoms with Gasteiger partial charge < -0.3 is 5.32 Å². The molecule has 4 heterocycles. The molecule has 0 aromatic carbocycles. The summed E-state index contributed by atoms with van der Waals surface area (Å²) in [7, 11) is 0. The Morgan fingerprint density at radius 1 is 1.32 bits per heavy atom. The van der Waals surface area contributed by atoms with Gasteiger partial charge in [0.2, 0.25) is 5.91 Å². The van der Waals surface area contributed by atoms with E-state index < -0.39 is 0 Å². The number of thiophene rings is 2. The summed E-state index contributed by atoms with van der Waals surface area (Å²) < 4.78 is 1.34. The van der Waals surface area contributed by atoms with Gasteiger partial charge in [0.1, 0.15) is 11.4 Å². The van der Waals surface area contributed by atoms with Crippen LogP contribution in [0.5, 0.6) is 0 Å². The molecule has 0 radical (unpaired) electrons. The van der Waals surface area contributed by atoms with E-state index in [4.69, 9.17) is 0 Å². The van der Waals surface area contributed by atoms with Crippen molar-refractivity contribution in [1.29, 1.82) is 0 Å². The number of hydrogen-bond acceptors (Lipinski definition) is 7. The number of aromatic nitrogens is 3. The van der Waals surface area contributed by atoms with Crippen LogP contribution in [0.2, 0.25) is 0 Å². The lowest BCUT2D eigenvalue weighted by Gasteiger charge is -2.05. The topological polar surface area (TPSA) is 76.9 Å². The Bertz CT molecular complexity index is 1110. The van der Waals surface area contributed by atoms with E-state index in [1.54, 1.807) is 17.5 Å². The summed E-state index contributed by atoms with van der Waals surface area (Å²) in [6, 6.07) is 3.92. The fraction of sp³-hybridized carbons (Fsp3) is 0.125. The molecule has 0 spiro atoms. The molecule has 126 valence electrons. The number of carbonyl (C=O) groups is 1. The van der Waals surface area contributed by atoms with Crippen molar-refractivity contribution < 1.29 is 4.79 Å². The number of nitrogens with zero attached hydrogens (tertiary/aromatic N) is 3. The minimum Gasteiger partial charge on any atom is -0.300 e. The van der Waals surface area contributed by atoms with Crippen LogP contribution in [0, 0.1) is 6.92 Å². The highest BCUT2D eigenvalue weighted by Gasteiger charge is 2.15. The zero-order chi connectivity index (χ0) is 17.4. The van der Waals surface area contributed by atoms with Gasteiger partial charge >= 0.3 is 0 Å². The fourth-order valence-electron chi connectivity index (χ4n) is 2.42. The van der Waals surface area contributed by atoms with E-state index in [1.807, 2.05) is 29.8 Å². The normalized spacial score (nSPS) is 11.1. The second-order valence-electron chi connectivity index (χ2n) is 5.31. The summed E-state index contributed by atoms with van der Waals surface area (Å²) >= 11 is 4.40. The second kappa shape index (κ2) is 6.51. The Hall–Kier alpha value is -2.36. The van der Waals surface area contributed by atoms with Crippen molar-refractivity contribution in [3.05, 3.63) is 50.6 Å². The van der Waals surface area contributed by atoms with Crippen LogP contribution in [0.4, 0.5) is 5.13 Å². The molecule has 0 atom stereocenters. The molecule has 1 amide bonds. The van der Waals surface area contributed by atoms with Crippen LogP contribution in [-0.2, 0) is 11.3 Å². The van der Waals surface area contributed by atoms with Gasteiger partial charge in [-0.2, -0.15) is 0 Å². The predicted molar refractivity (Wildman–Crippen MR) is 103 cm³/mol. The number of rotatable bonds is 4. The summed E-state index contributed by atoms with van der Waals surface area (Å²) in [5.41, 5.74) is 0.665. The zero-order valence-corrected chi connectivity index (χ0v) is 15.5. The first-order valence-corrected chi connectivity index (χ1v) is 9.92. The average molecular weight is 388 g/mol. The van der Waals surface area contributed by atoms with E-state index in [-0.39, 0.29) is 18.0 Å². The molecule has 1 N–H and O–H groups in total. The Kier molecular flexibility index (Phi) is 4.20. The first kappa shape index (κ1) is 16.1. The highest BCUT2D eigenvalue weighted by atomic mass is 32.1. The van der Waals surface area contributed by atoms with E-state index >= 15 is 0 Å². The van der Waals surface area contributed by atoms with Gasteiger partial charge in [-0.05, 0) is 18.4 Å². The van der Waals surface area contributed by atoms with Gasteiger partial charge in [-0.1, -0.05) is 6.07 Å². The SMILES string of the molecule is Cc1cnc(NC(=O)Cn2cnc3scc(-c4cccs4)c3c2=O)s1. The largest absolute Gasteiger partial charge is 0.300 e. The van der Waals surface area contributed by atoms with Gasteiger partial charge in [0.05, 0.1) is 11.7 Å². The quantitative estimate of drug-likeness (QED) is 0.580. The van der Waals surface area contributed by atoms with Gasteiger partial charge in [0.15, 0.2) is 5.13 Å². The van der Waals surface area contributed by atoms with E-state index in [2.05, 4.69) is 15.3 Å². The van der Waals surface area contributed by atoms with Crippen LogP contribution in [0.3, 0.4) is 0 Å². The minimum absolute atomic E-state index is 0.0971. The maximum atomic E-state index is 12.8. The Labute approximate surface area is 154 Å². The summed E-state index contributed by atoms with van der Waals surface area (Å²) in [5, 5.41) is 7.71. The van der Waals surface area contributed by atoms with Crippen molar-refractivity contribution in [2.45, 2.75) is 13.5 Å². The number of aryl methyl sites for hydroxylation is 1. The Morgan fingerprint density at radius 2 is 2.20 bits per heavy atom. The molecule has 0 unspecified atom stereocenters. The molecule has 0 bridgehead atoms. The van der Waals surface area contributed by atoms with Gasteiger partial charge in [-0.3, -0.25) is 14.2 Å². The summed E-state index contributed by atoms with van der Waals surface area (Å²) in [5.74, 6) is -0.300. The molecule has 0 aliphatic carbocycles. The van der Waals surface area contributed by atoms with Crippen molar-refractivity contribution in [3.8, 4) is 10.4 Å². The Balaban J connectivity index is 1.66. The maximum Gasteiger partial charge on any atom is 0.263 e. The van der Waals surface area contributed by atoms with Crippen molar-refractivity contribution in [2.75, 3.05) is 5.32 Å². The van der Waals surface area contributed by atoms with Crippen LogP contribution >= 0.6 is 34.0 Å². The van der Waals surface area contributed by atoms with Crippen LogP contribution in [0.1, 0.15) is 4.88 Å². The molecule has 0 saturated heterocycles. The van der Waals surface area contributed by atoms with Crippen molar-refractivity contribution in [2.24, 2.45) is 0 Å². The van der Waals surface area contributed by atoms with Crippen LogP contribution in [-0.4, -0.2) is 20.4 Å². The number of amides is 1. The molecule has 4 rings (SSSR count). The van der Waals surface area contributed by atoms with E-state index in [0.29, 0.717) is 15.3 Å². The lowest BCUT2D eigenvalue weighted by atomic mass is 10.2. The minimum atomic E-state index is -0.300. The first-order chi connectivity index (χ1) is 12.1. The highest BCUT2D eigenvalue weighted by Crippen LogP contribution is 2.33. The molecule has 0 fully saturated rings. The highest BCUT2D eigenvalue weighted by molar-refractivity contribution is 7.18.